The van der Waals surface area contributed by atoms with E-state index in [1.54, 1.807) is 10.5 Å². The fraction of sp³-hybridized carbons (Fsp3) is 0.344. The van der Waals surface area contributed by atoms with Gasteiger partial charge in [0, 0.05) is 53.7 Å². The molecule has 5 aromatic heterocycles. The Kier molecular flexibility index (Phi) is 7.19. The number of benzene rings is 1. The van der Waals surface area contributed by atoms with Crippen molar-refractivity contribution in [3.63, 3.8) is 0 Å². The molecule has 2 fully saturated rings. The van der Waals surface area contributed by atoms with Crippen LogP contribution in [0.1, 0.15) is 47.3 Å². The average Bonchev–Trinajstić information content (AvgIpc) is 3.82. The molecule has 0 bridgehead atoms. The highest BCUT2D eigenvalue weighted by atomic mass is 32.1. The number of fused-ring (bicyclic) bond motifs is 3. The van der Waals surface area contributed by atoms with E-state index in [1.807, 2.05) is 34.7 Å². The van der Waals surface area contributed by atoms with Gasteiger partial charge in [0.05, 0.1) is 36.6 Å². The van der Waals surface area contributed by atoms with Crippen LogP contribution in [0.25, 0.3) is 38.0 Å². The van der Waals surface area contributed by atoms with Crippen molar-refractivity contribution in [3.8, 4) is 11.1 Å². The van der Waals surface area contributed by atoms with E-state index in [1.165, 1.54) is 17.7 Å². The maximum Gasteiger partial charge on any atom is 0.254 e. The molecular weight excluding hydrogens is 608 g/mol. The number of nitrogens with two attached hydrogens (primary N) is 1. The van der Waals surface area contributed by atoms with E-state index >= 15 is 0 Å². The molecular formula is C32H32N8O5S. The summed E-state index contributed by atoms with van der Waals surface area (Å²) in [7, 11) is 0. The fourth-order valence-corrected chi connectivity index (χ4v) is 7.56. The predicted molar refractivity (Wildman–Crippen MR) is 175 cm³/mol. The van der Waals surface area contributed by atoms with E-state index in [2.05, 4.69) is 20.5 Å². The van der Waals surface area contributed by atoms with Gasteiger partial charge in [-0.05, 0) is 36.6 Å². The van der Waals surface area contributed by atoms with E-state index in [9.17, 15) is 14.7 Å². The number of amides is 1. The maximum absolute atomic E-state index is 13.2. The molecule has 1 amide bonds. The van der Waals surface area contributed by atoms with Crippen LogP contribution in [0.15, 0.2) is 51.4 Å². The summed E-state index contributed by atoms with van der Waals surface area (Å²) in [5, 5.41) is 25.2. The molecule has 1 aliphatic carbocycles. The van der Waals surface area contributed by atoms with Crippen molar-refractivity contribution in [2.24, 2.45) is 5.73 Å². The van der Waals surface area contributed by atoms with Crippen molar-refractivity contribution in [1.29, 1.82) is 0 Å². The highest BCUT2D eigenvalue weighted by Crippen LogP contribution is 2.39. The molecule has 6 aromatic rings. The molecule has 2 aliphatic rings. The first kappa shape index (κ1) is 28.7. The van der Waals surface area contributed by atoms with Crippen molar-refractivity contribution in [2.75, 3.05) is 36.5 Å². The van der Waals surface area contributed by atoms with E-state index in [0.717, 1.165) is 46.9 Å². The van der Waals surface area contributed by atoms with Gasteiger partial charge >= 0.3 is 0 Å². The molecule has 1 saturated carbocycles. The lowest BCUT2D eigenvalue weighted by molar-refractivity contribution is 0.0999. The molecule has 1 saturated heterocycles. The quantitative estimate of drug-likeness (QED) is 0.201. The second kappa shape index (κ2) is 11.5. The zero-order valence-corrected chi connectivity index (χ0v) is 25.7. The third-order valence-corrected chi connectivity index (χ3v) is 9.93. The lowest BCUT2D eigenvalue weighted by Crippen LogP contribution is -2.37. The number of anilines is 2. The van der Waals surface area contributed by atoms with Gasteiger partial charge < -0.3 is 35.2 Å². The normalized spacial score (nSPS) is 18.9. The Morgan fingerprint density at radius 3 is 2.85 bits per heavy atom. The largest absolute Gasteiger partial charge is 0.439 e. The van der Waals surface area contributed by atoms with Crippen molar-refractivity contribution in [1.82, 2.24) is 24.6 Å². The second-order valence-electron chi connectivity index (χ2n) is 11.9. The summed E-state index contributed by atoms with van der Waals surface area (Å²) in [5.74, 6) is 0.309. The van der Waals surface area contributed by atoms with Crippen LogP contribution in [0.2, 0.25) is 0 Å². The van der Waals surface area contributed by atoms with Crippen molar-refractivity contribution in [2.45, 2.75) is 44.2 Å². The Balaban J connectivity index is 1.24. The minimum Gasteiger partial charge on any atom is -0.439 e. The first-order valence-corrected chi connectivity index (χ1v) is 16.3. The second-order valence-corrected chi connectivity index (χ2v) is 12.7. The first-order valence-electron chi connectivity index (χ1n) is 15.4. The molecule has 0 spiro atoms. The maximum atomic E-state index is 13.2. The Bertz CT molecular complexity index is 2160. The summed E-state index contributed by atoms with van der Waals surface area (Å²) in [6.07, 6.45) is 6.59. The molecule has 0 radical (unpaired) electrons. The third kappa shape index (κ3) is 4.98. The average molecular weight is 641 g/mol. The number of morpholine rings is 1. The number of primary amides is 1. The number of rotatable bonds is 7. The lowest BCUT2D eigenvalue weighted by Gasteiger charge is -2.29. The van der Waals surface area contributed by atoms with Gasteiger partial charge in [0.2, 0.25) is 11.4 Å². The number of hydrogen-bond donors (Lipinski definition) is 4. The number of aromatic amines is 1. The molecule has 13 nitrogen and oxygen atoms in total. The minimum absolute atomic E-state index is 0.0853. The topological polar surface area (TPSA) is 177 Å². The number of carbonyl (C=O) groups is 1. The van der Waals surface area contributed by atoms with Gasteiger partial charge in [0.1, 0.15) is 16.6 Å². The third-order valence-electron chi connectivity index (χ3n) is 8.95. The lowest BCUT2D eigenvalue weighted by atomic mass is 9.93. The summed E-state index contributed by atoms with van der Waals surface area (Å²) in [6.45, 7) is 2.44. The van der Waals surface area contributed by atoms with Crippen LogP contribution in [-0.2, 0) is 11.2 Å². The molecule has 5 N–H and O–H groups in total. The van der Waals surface area contributed by atoms with E-state index in [4.69, 9.17) is 19.9 Å². The summed E-state index contributed by atoms with van der Waals surface area (Å²) in [5.41, 5.74) is 10.7. The number of thiophene rings is 1. The number of nitrogens with zero attached hydrogens (tertiary/aromatic N) is 5. The van der Waals surface area contributed by atoms with Crippen molar-refractivity contribution < 1.29 is 19.1 Å². The van der Waals surface area contributed by atoms with Gasteiger partial charge in [-0.2, -0.15) is 0 Å². The monoisotopic (exact) mass is 640 g/mol. The van der Waals surface area contributed by atoms with Crippen LogP contribution in [0.4, 0.5) is 11.8 Å². The zero-order chi connectivity index (χ0) is 31.4. The van der Waals surface area contributed by atoms with Crippen LogP contribution in [-0.4, -0.2) is 74.0 Å². The predicted octanol–water partition coefficient (Wildman–Crippen LogP) is 3.68. The van der Waals surface area contributed by atoms with E-state index < -0.39 is 12.0 Å². The molecule has 1 aliphatic heterocycles. The number of aliphatic hydroxyl groups excluding tert-OH is 1. The van der Waals surface area contributed by atoms with Crippen molar-refractivity contribution in [3.05, 3.63) is 69.2 Å². The molecule has 6 heterocycles. The van der Waals surface area contributed by atoms with Crippen LogP contribution in [0.5, 0.6) is 0 Å². The molecule has 14 heteroatoms. The first-order chi connectivity index (χ1) is 22.4. The van der Waals surface area contributed by atoms with E-state index in [0.29, 0.717) is 66.2 Å². The Hall–Kier alpha value is -4.79. The van der Waals surface area contributed by atoms with Crippen LogP contribution in [0, 0.1) is 0 Å². The molecule has 1 aromatic carbocycles. The smallest absolute Gasteiger partial charge is 0.254 e. The summed E-state index contributed by atoms with van der Waals surface area (Å²) in [4.78, 5) is 36.3. The number of ether oxygens (including phenoxy) is 1. The molecule has 0 unspecified atom stereocenters. The molecule has 236 valence electrons. The van der Waals surface area contributed by atoms with E-state index in [-0.39, 0.29) is 23.5 Å². The van der Waals surface area contributed by atoms with Crippen LogP contribution < -0.4 is 21.4 Å². The highest BCUT2D eigenvalue weighted by molar-refractivity contribution is 7.17. The number of nitrogens with one attached hydrogen (secondary N) is 2. The highest BCUT2D eigenvalue weighted by Gasteiger charge is 2.27. The van der Waals surface area contributed by atoms with Crippen LogP contribution >= 0.6 is 11.3 Å². The summed E-state index contributed by atoms with van der Waals surface area (Å²) >= 11 is 1.36. The standard InChI is InChI=1S/C32H32N8O5S/c33-30(43)26-22(37-32(40-16-35-38-31(26)40)36-21-3-1-2-4-23(21)41)13-17-11-18-5-6-34-27(18)19(12-17)20-15-46-29-24(42)14-25(45-28(20)29)39-7-9-44-10-8-39/h5-6,11-12,14-16,21,23,34,41H,1-4,7-10,13H2,(H2,33,43)(H,36,37)/t21-,23+/m1/s1. The number of H-pyrrole nitrogens is 1. The van der Waals surface area contributed by atoms with Gasteiger partial charge in [0.15, 0.2) is 17.1 Å². The molecule has 8 rings (SSSR count). The van der Waals surface area contributed by atoms with Gasteiger partial charge in [-0.3, -0.25) is 14.0 Å². The van der Waals surface area contributed by atoms with Gasteiger partial charge in [-0.25, -0.2) is 4.98 Å². The Labute approximate surface area is 266 Å². The number of hydrogen-bond acceptors (Lipinski definition) is 11. The Morgan fingerprint density at radius 1 is 1.17 bits per heavy atom. The molecule has 2 atom stereocenters. The minimum atomic E-state index is -0.658. The zero-order valence-electron chi connectivity index (χ0n) is 24.9. The van der Waals surface area contributed by atoms with Crippen molar-refractivity contribution >= 4 is 55.9 Å². The van der Waals surface area contributed by atoms with Crippen LogP contribution in [0.3, 0.4) is 0 Å². The fourth-order valence-electron chi connectivity index (χ4n) is 6.65. The molecule has 46 heavy (non-hydrogen) atoms. The Morgan fingerprint density at radius 2 is 2.02 bits per heavy atom. The number of aromatic nitrogens is 5. The summed E-state index contributed by atoms with van der Waals surface area (Å²) < 4.78 is 14.1. The summed E-state index contributed by atoms with van der Waals surface area (Å²) in [6, 6.07) is 7.42. The number of carbonyl (C=O) groups excluding carboxylic acids is 1. The van der Waals surface area contributed by atoms with Gasteiger partial charge in [-0.15, -0.1) is 21.5 Å². The number of aliphatic hydroxyl groups is 1. The van der Waals surface area contributed by atoms with Gasteiger partial charge in [0.25, 0.3) is 5.91 Å². The SMILES string of the molecule is NC(=O)c1c(Cc2cc(-c3csc4c(=O)cc(N5CCOCC5)oc34)c3[nH]ccc3c2)nc(N[C@@H]2CCCC[C@@H]2O)n2cnnc12. The van der Waals surface area contributed by atoms with Gasteiger partial charge in [-0.1, -0.05) is 12.8 Å².